The number of aliphatic imine (C=N–C) groups is 2. The molecular formula is C39H48F5N2O2Pd-. The number of nitrogens with zero attached hydrogens (tertiary/aromatic N) is 2. The van der Waals surface area contributed by atoms with Crippen molar-refractivity contribution in [2.75, 3.05) is 0 Å². The second kappa shape index (κ2) is 19.8. The molecule has 0 fully saturated rings. The molecular weight excluding hydrogens is 730 g/mol. The Morgan fingerprint density at radius 1 is 0.633 bits per heavy atom. The van der Waals surface area contributed by atoms with Gasteiger partial charge >= 0.3 is 5.97 Å². The van der Waals surface area contributed by atoms with Gasteiger partial charge in [0.05, 0.1) is 28.4 Å². The molecule has 0 aliphatic rings. The monoisotopic (exact) mass is 777 g/mol. The topological polar surface area (TPSA) is 51.0 Å². The van der Waals surface area contributed by atoms with Crippen molar-refractivity contribution in [3.05, 3.63) is 100 Å². The predicted octanol–water partition coefficient (Wildman–Crippen LogP) is 12.1. The number of ether oxygens (including phenoxy) is 1. The summed E-state index contributed by atoms with van der Waals surface area (Å²) in [6.07, 6.45) is 0.0747. The van der Waals surface area contributed by atoms with Crippen molar-refractivity contribution >= 4 is 28.8 Å². The first-order chi connectivity index (χ1) is 22.4. The number of halogens is 5. The number of benzene rings is 3. The number of hydrogen-bond donors (Lipinski definition) is 0. The van der Waals surface area contributed by atoms with Gasteiger partial charge in [0.1, 0.15) is 6.61 Å². The van der Waals surface area contributed by atoms with Crippen LogP contribution in [0.2, 0.25) is 0 Å². The summed E-state index contributed by atoms with van der Waals surface area (Å²) in [5, 5.41) is 0. The summed E-state index contributed by atoms with van der Waals surface area (Å²) >= 11 is 0. The summed E-state index contributed by atoms with van der Waals surface area (Å²) in [7, 11) is 0. The molecule has 0 radical (unpaired) electrons. The Morgan fingerprint density at radius 2 is 0.939 bits per heavy atom. The molecule has 0 aliphatic heterocycles. The maximum Gasteiger partial charge on any atom is 0.303 e. The summed E-state index contributed by atoms with van der Waals surface area (Å²) in [5.74, 6) is -9.52. The van der Waals surface area contributed by atoms with E-state index in [2.05, 4.69) is 117 Å². The molecule has 272 valence electrons. The van der Waals surface area contributed by atoms with Crippen LogP contribution in [0, 0.1) is 36.0 Å². The van der Waals surface area contributed by atoms with Crippen molar-refractivity contribution in [1.82, 2.24) is 0 Å². The zero-order chi connectivity index (χ0) is 36.5. The third-order valence-electron chi connectivity index (χ3n) is 7.83. The van der Waals surface area contributed by atoms with Crippen LogP contribution in [0.3, 0.4) is 0 Å². The molecule has 0 amide bonds. The van der Waals surface area contributed by atoms with Crippen LogP contribution >= 0.6 is 0 Å². The van der Waals surface area contributed by atoms with Crippen LogP contribution in [0.25, 0.3) is 0 Å². The van der Waals surface area contributed by atoms with E-state index in [0.717, 1.165) is 22.8 Å². The van der Waals surface area contributed by atoms with Crippen molar-refractivity contribution in [1.29, 1.82) is 0 Å². The van der Waals surface area contributed by atoms with Gasteiger partial charge in [0.2, 0.25) is 5.82 Å². The van der Waals surface area contributed by atoms with E-state index in [-0.39, 0.29) is 33.3 Å². The van der Waals surface area contributed by atoms with Gasteiger partial charge < -0.3 is 11.7 Å². The van der Waals surface area contributed by atoms with E-state index in [0.29, 0.717) is 23.7 Å². The Hall–Kier alpha value is -3.22. The second-order valence-electron chi connectivity index (χ2n) is 12.9. The van der Waals surface area contributed by atoms with Gasteiger partial charge in [0, 0.05) is 26.8 Å². The van der Waals surface area contributed by atoms with Crippen molar-refractivity contribution in [2.45, 2.75) is 112 Å². The van der Waals surface area contributed by atoms with Crippen LogP contribution in [0.5, 0.6) is 0 Å². The largest absolute Gasteiger partial charge is 0.461 e. The van der Waals surface area contributed by atoms with Gasteiger partial charge in [-0.2, -0.15) is 6.42 Å². The molecule has 4 nitrogen and oxygen atoms in total. The molecule has 3 rings (SSSR count). The van der Waals surface area contributed by atoms with E-state index in [1.165, 1.54) is 22.3 Å². The van der Waals surface area contributed by atoms with Gasteiger partial charge in [-0.15, -0.1) is 0 Å². The Labute approximate surface area is 302 Å². The van der Waals surface area contributed by atoms with E-state index in [9.17, 15) is 26.7 Å². The second-order valence-corrected chi connectivity index (χ2v) is 12.9. The van der Waals surface area contributed by atoms with Crippen LogP contribution < -0.4 is 0 Å². The number of hydrogen-bond acceptors (Lipinski definition) is 4. The molecule has 0 aliphatic carbocycles. The van der Waals surface area contributed by atoms with Crippen LogP contribution in [-0.4, -0.2) is 17.4 Å². The van der Waals surface area contributed by atoms with Crippen LogP contribution in [-0.2, 0) is 36.6 Å². The van der Waals surface area contributed by atoms with Crippen LogP contribution in [0.1, 0.15) is 134 Å². The quantitative estimate of drug-likeness (QED) is 0.0370. The zero-order valence-electron chi connectivity index (χ0n) is 30.0. The molecule has 0 spiro atoms. The first-order valence-corrected chi connectivity index (χ1v) is 16.3. The smallest absolute Gasteiger partial charge is 0.303 e. The molecule has 0 unspecified atom stereocenters. The summed E-state index contributed by atoms with van der Waals surface area (Å²) in [6, 6.07) is 13.2. The number of carbonyl (C=O) groups is 1. The van der Waals surface area contributed by atoms with Gasteiger partial charge in [-0.25, -0.2) is 22.0 Å². The molecule has 0 heterocycles. The van der Waals surface area contributed by atoms with Gasteiger partial charge in [-0.1, -0.05) is 91.8 Å². The molecule has 0 saturated heterocycles. The molecule has 0 saturated carbocycles. The van der Waals surface area contributed by atoms with E-state index >= 15 is 0 Å². The van der Waals surface area contributed by atoms with Crippen LogP contribution in [0.4, 0.5) is 33.3 Å². The summed E-state index contributed by atoms with van der Waals surface area (Å²) < 4.78 is 68.8. The van der Waals surface area contributed by atoms with Gasteiger partial charge in [0.25, 0.3) is 0 Å². The van der Waals surface area contributed by atoms with Gasteiger partial charge in [-0.05, 0) is 59.8 Å². The summed E-state index contributed by atoms with van der Waals surface area (Å²) in [6.45, 7) is 24.4. The average molecular weight is 778 g/mol. The first kappa shape index (κ1) is 43.8. The fourth-order valence-electron chi connectivity index (χ4n) is 4.93. The molecule has 49 heavy (non-hydrogen) atoms. The number of rotatable bonds is 11. The summed E-state index contributed by atoms with van der Waals surface area (Å²) in [5.41, 5.74) is 8.25. The SMILES string of the molecule is CC(=Nc1c(C(C)C)cccc1C(C)C)C(C)=Nc1c(C(C)C)cccc1C(C)C.[CH2-]CCC(=O)OCc1c(F)c(F)c(F)c(F)c1F.[Pd]. The van der Waals surface area contributed by atoms with E-state index in [4.69, 9.17) is 9.98 Å². The first-order valence-electron chi connectivity index (χ1n) is 16.3. The van der Waals surface area contributed by atoms with Crippen molar-refractivity contribution < 1.29 is 51.9 Å². The van der Waals surface area contributed by atoms with Crippen LogP contribution in [0.15, 0.2) is 46.4 Å². The fraction of sp³-hybridized carbons (Fsp3) is 0.436. The molecule has 0 atom stereocenters. The van der Waals surface area contributed by atoms with Crippen molar-refractivity contribution in [2.24, 2.45) is 9.98 Å². The van der Waals surface area contributed by atoms with E-state index < -0.39 is 47.2 Å². The molecule has 3 aromatic carbocycles. The Balaban J connectivity index is 0.000000542. The number of esters is 1. The standard InChI is InChI=1S/C28H40N2.C11H8F5O2.Pd/c1-17(2)23-13-11-14-24(18(3)4)27(23)29-21(9)22(10)30-28-25(19(5)6)15-12-16-26(28)20(7)8;1-2-3-6(17)18-4-5-7(12)9(14)11(16)10(15)8(5)13;/h11-20H,1-10H3;1-4H2;/q;-1;. The van der Waals surface area contributed by atoms with E-state index in [1.807, 2.05) is 0 Å². The van der Waals surface area contributed by atoms with Crippen molar-refractivity contribution in [3.63, 3.8) is 0 Å². The zero-order valence-corrected chi connectivity index (χ0v) is 31.6. The fourth-order valence-corrected chi connectivity index (χ4v) is 4.93. The maximum atomic E-state index is 13.1. The minimum atomic E-state index is -2.25. The Kier molecular flexibility index (Phi) is 17.7. The minimum absolute atomic E-state index is 0. The summed E-state index contributed by atoms with van der Waals surface area (Å²) in [4.78, 5) is 21.2. The third-order valence-corrected chi connectivity index (χ3v) is 7.83. The molecule has 3 aromatic rings. The molecule has 10 heteroatoms. The number of para-hydroxylation sites is 2. The minimum Gasteiger partial charge on any atom is -0.461 e. The number of carbonyl (C=O) groups excluding carboxylic acids is 1. The Bertz CT molecular complexity index is 1490. The molecule has 0 aromatic heterocycles. The Morgan fingerprint density at radius 3 is 1.22 bits per heavy atom. The molecule has 0 N–H and O–H groups in total. The van der Waals surface area contributed by atoms with Crippen molar-refractivity contribution in [3.8, 4) is 0 Å². The van der Waals surface area contributed by atoms with Gasteiger partial charge in [-0.3, -0.25) is 14.8 Å². The normalized spacial score (nSPS) is 12.0. The third kappa shape index (κ3) is 11.4. The molecule has 0 bridgehead atoms. The predicted molar refractivity (Wildman–Crippen MR) is 185 cm³/mol. The maximum absolute atomic E-state index is 13.1. The average Bonchev–Trinajstić information content (AvgIpc) is 3.02. The van der Waals surface area contributed by atoms with Gasteiger partial charge in [0.15, 0.2) is 23.3 Å². The van der Waals surface area contributed by atoms with E-state index in [1.54, 1.807) is 0 Å².